The highest BCUT2D eigenvalue weighted by molar-refractivity contribution is 6.29. The maximum atomic E-state index is 6.40. The van der Waals surface area contributed by atoms with Crippen molar-refractivity contribution in [3.05, 3.63) is 46.1 Å². The average Bonchev–Trinajstić information content (AvgIpc) is 3.42. The molecule has 0 aliphatic heterocycles. The Kier molecular flexibility index (Phi) is 6.07. The van der Waals surface area contributed by atoms with Gasteiger partial charge in [0.25, 0.3) is 0 Å². The third-order valence-electron chi connectivity index (χ3n) is 5.31. The first-order chi connectivity index (χ1) is 12.8. The fourth-order valence-electron chi connectivity index (χ4n) is 4.03. The van der Waals surface area contributed by atoms with Crippen molar-refractivity contribution in [3.63, 3.8) is 0 Å². The number of halogens is 1. The maximum absolute atomic E-state index is 6.40. The van der Waals surface area contributed by atoms with E-state index < -0.39 is 0 Å². The SMILES string of the molecule is Cc1cccc(C2CC2)c1Oc1nnc(Cl)cc1C(C)N(C(C)C)C(C)C. The number of aromatic nitrogens is 2. The van der Waals surface area contributed by atoms with Crippen LogP contribution in [0.1, 0.15) is 76.1 Å². The van der Waals surface area contributed by atoms with Crippen LogP contribution in [0, 0.1) is 6.92 Å². The Bertz CT molecular complexity index is 794. The first kappa shape index (κ1) is 20.1. The van der Waals surface area contributed by atoms with Crippen LogP contribution >= 0.6 is 11.6 Å². The smallest absolute Gasteiger partial charge is 0.243 e. The predicted octanol–water partition coefficient (Wildman–Crippen LogP) is 6.29. The van der Waals surface area contributed by atoms with E-state index in [0.717, 1.165) is 16.9 Å². The minimum Gasteiger partial charge on any atom is -0.437 e. The van der Waals surface area contributed by atoms with Gasteiger partial charge in [-0.15, -0.1) is 10.2 Å². The molecule has 1 aliphatic carbocycles. The maximum Gasteiger partial charge on any atom is 0.243 e. The second-order valence-electron chi connectivity index (χ2n) is 8.11. The Morgan fingerprint density at radius 2 is 1.74 bits per heavy atom. The number of rotatable bonds is 7. The Morgan fingerprint density at radius 3 is 2.33 bits per heavy atom. The zero-order valence-electron chi connectivity index (χ0n) is 17.2. The van der Waals surface area contributed by atoms with Crippen molar-refractivity contribution in [1.29, 1.82) is 0 Å². The molecule has 0 amide bonds. The van der Waals surface area contributed by atoms with Crippen molar-refractivity contribution in [2.24, 2.45) is 0 Å². The Hall–Kier alpha value is -1.65. The van der Waals surface area contributed by atoms with E-state index in [2.05, 4.69) is 74.8 Å². The summed E-state index contributed by atoms with van der Waals surface area (Å²) < 4.78 is 6.40. The molecule has 1 heterocycles. The fraction of sp³-hybridized carbons (Fsp3) is 0.545. The van der Waals surface area contributed by atoms with E-state index in [1.54, 1.807) is 0 Å². The molecular formula is C22H30ClN3O. The molecule has 27 heavy (non-hydrogen) atoms. The third-order valence-corrected chi connectivity index (χ3v) is 5.49. The van der Waals surface area contributed by atoms with E-state index in [4.69, 9.17) is 16.3 Å². The first-order valence-corrected chi connectivity index (χ1v) is 10.2. The quantitative estimate of drug-likeness (QED) is 0.559. The van der Waals surface area contributed by atoms with E-state index in [1.165, 1.54) is 18.4 Å². The number of nitrogens with zero attached hydrogens (tertiary/aromatic N) is 3. The summed E-state index contributed by atoms with van der Waals surface area (Å²) in [6.07, 6.45) is 2.45. The van der Waals surface area contributed by atoms with Crippen LogP contribution in [0.4, 0.5) is 0 Å². The van der Waals surface area contributed by atoms with E-state index in [0.29, 0.717) is 29.0 Å². The van der Waals surface area contributed by atoms with Gasteiger partial charge in [0.2, 0.25) is 5.88 Å². The summed E-state index contributed by atoms with van der Waals surface area (Å²) >= 11 is 6.20. The molecule has 1 aliphatic rings. The van der Waals surface area contributed by atoms with E-state index in [-0.39, 0.29) is 6.04 Å². The van der Waals surface area contributed by atoms with Crippen LogP contribution in [0.3, 0.4) is 0 Å². The highest BCUT2D eigenvalue weighted by Gasteiger charge is 2.30. The van der Waals surface area contributed by atoms with Crippen LogP contribution in [0.5, 0.6) is 11.6 Å². The highest BCUT2D eigenvalue weighted by atomic mass is 35.5. The van der Waals surface area contributed by atoms with Crippen molar-refractivity contribution in [2.45, 2.75) is 78.4 Å². The largest absolute Gasteiger partial charge is 0.437 e. The van der Waals surface area contributed by atoms with Gasteiger partial charge in [-0.2, -0.15) is 0 Å². The molecule has 1 atom stereocenters. The molecule has 0 radical (unpaired) electrons. The van der Waals surface area contributed by atoms with Crippen LogP contribution in [-0.4, -0.2) is 27.2 Å². The zero-order valence-corrected chi connectivity index (χ0v) is 17.9. The molecule has 1 saturated carbocycles. The Labute approximate surface area is 167 Å². The summed E-state index contributed by atoms with van der Waals surface area (Å²) in [5, 5.41) is 8.78. The topological polar surface area (TPSA) is 38.3 Å². The fourth-order valence-corrected chi connectivity index (χ4v) is 4.18. The van der Waals surface area contributed by atoms with Gasteiger partial charge < -0.3 is 4.74 Å². The van der Waals surface area contributed by atoms with Gasteiger partial charge in [-0.05, 0) is 77.5 Å². The lowest BCUT2D eigenvalue weighted by Gasteiger charge is -2.36. The zero-order chi connectivity index (χ0) is 19.7. The van der Waals surface area contributed by atoms with Gasteiger partial charge in [-0.1, -0.05) is 29.8 Å². The molecule has 146 valence electrons. The van der Waals surface area contributed by atoms with Crippen LogP contribution in [0.2, 0.25) is 5.15 Å². The molecule has 3 rings (SSSR count). The van der Waals surface area contributed by atoms with Gasteiger partial charge in [0, 0.05) is 23.7 Å². The van der Waals surface area contributed by atoms with Gasteiger partial charge in [0.1, 0.15) is 5.75 Å². The van der Waals surface area contributed by atoms with Crippen molar-refractivity contribution >= 4 is 11.6 Å². The third kappa shape index (κ3) is 4.44. The van der Waals surface area contributed by atoms with Gasteiger partial charge in [0.15, 0.2) is 5.15 Å². The molecule has 4 nitrogen and oxygen atoms in total. The number of ether oxygens (including phenoxy) is 1. The van der Waals surface area contributed by atoms with Crippen molar-refractivity contribution < 1.29 is 4.74 Å². The highest BCUT2D eigenvalue weighted by Crippen LogP contribution is 2.46. The average molecular weight is 388 g/mol. The van der Waals surface area contributed by atoms with Crippen LogP contribution in [0.25, 0.3) is 0 Å². The van der Waals surface area contributed by atoms with E-state index in [9.17, 15) is 0 Å². The molecule has 0 spiro atoms. The summed E-state index contributed by atoms with van der Waals surface area (Å²) in [4.78, 5) is 2.43. The van der Waals surface area contributed by atoms with Crippen LogP contribution in [-0.2, 0) is 0 Å². The lowest BCUT2D eigenvalue weighted by atomic mass is 10.0. The number of hydrogen-bond acceptors (Lipinski definition) is 4. The van der Waals surface area contributed by atoms with E-state index in [1.807, 2.05) is 6.07 Å². The molecule has 0 saturated heterocycles. The standard InChI is InChI=1S/C22H30ClN3O/c1-13(2)26(14(3)4)16(6)19-12-20(23)24-25-22(19)27-21-15(5)8-7-9-18(21)17-10-11-17/h7-9,12-14,16-17H,10-11H2,1-6H3. The predicted molar refractivity (Wildman–Crippen MR) is 111 cm³/mol. The van der Waals surface area contributed by atoms with Crippen LogP contribution in [0.15, 0.2) is 24.3 Å². The minimum atomic E-state index is 0.112. The lowest BCUT2D eigenvalue weighted by Crippen LogP contribution is -2.39. The first-order valence-electron chi connectivity index (χ1n) is 9.87. The summed E-state index contributed by atoms with van der Waals surface area (Å²) in [6.45, 7) is 13.1. The van der Waals surface area contributed by atoms with Crippen molar-refractivity contribution in [2.75, 3.05) is 0 Å². The molecule has 0 bridgehead atoms. The molecule has 5 heteroatoms. The van der Waals surface area contributed by atoms with E-state index >= 15 is 0 Å². The Morgan fingerprint density at radius 1 is 1.07 bits per heavy atom. The molecule has 0 N–H and O–H groups in total. The monoisotopic (exact) mass is 387 g/mol. The molecule has 1 unspecified atom stereocenters. The normalized spacial score (nSPS) is 15.6. The number of para-hydroxylation sites is 1. The Balaban J connectivity index is 2.01. The van der Waals surface area contributed by atoms with Gasteiger partial charge >= 0.3 is 0 Å². The number of aryl methyl sites for hydroxylation is 1. The van der Waals surface area contributed by atoms with Gasteiger partial charge in [-0.3, -0.25) is 4.90 Å². The van der Waals surface area contributed by atoms with Gasteiger partial charge in [0.05, 0.1) is 0 Å². The summed E-state index contributed by atoms with van der Waals surface area (Å²) in [6, 6.07) is 9.14. The minimum absolute atomic E-state index is 0.112. The molecule has 1 aromatic heterocycles. The summed E-state index contributed by atoms with van der Waals surface area (Å²) in [7, 11) is 0. The molecule has 1 aromatic carbocycles. The molecular weight excluding hydrogens is 358 g/mol. The molecule has 1 fully saturated rings. The van der Waals surface area contributed by atoms with Gasteiger partial charge in [-0.25, -0.2) is 0 Å². The summed E-state index contributed by atoms with van der Waals surface area (Å²) in [5.41, 5.74) is 3.37. The number of benzene rings is 1. The second-order valence-corrected chi connectivity index (χ2v) is 8.50. The number of hydrogen-bond donors (Lipinski definition) is 0. The van der Waals surface area contributed by atoms with Crippen molar-refractivity contribution in [1.82, 2.24) is 15.1 Å². The lowest BCUT2D eigenvalue weighted by molar-refractivity contribution is 0.121. The second kappa shape index (κ2) is 8.15. The van der Waals surface area contributed by atoms with Crippen molar-refractivity contribution in [3.8, 4) is 11.6 Å². The molecule has 2 aromatic rings. The summed E-state index contributed by atoms with van der Waals surface area (Å²) in [5.74, 6) is 2.07. The van der Waals surface area contributed by atoms with Crippen LogP contribution < -0.4 is 4.74 Å².